The van der Waals surface area contributed by atoms with E-state index in [1.54, 1.807) is 19.4 Å². The molecule has 2 rings (SSSR count). The smallest absolute Gasteiger partial charge is 0.157 e. The van der Waals surface area contributed by atoms with Crippen LogP contribution in [0.15, 0.2) is 40.5 Å². The Morgan fingerprint density at radius 3 is 2.89 bits per heavy atom. The number of nitrogen functional groups attached to an aromatic ring is 1. The van der Waals surface area contributed by atoms with E-state index in [2.05, 4.69) is 20.4 Å². The molecule has 2 aromatic heterocycles. The molecule has 7 heteroatoms. The molecule has 0 aromatic carbocycles. The predicted molar refractivity (Wildman–Crippen MR) is 68.9 cm³/mol. The molecule has 2 heterocycles. The van der Waals surface area contributed by atoms with Crippen molar-refractivity contribution in [2.45, 2.75) is 16.7 Å². The Labute approximate surface area is 109 Å². The third-order valence-electron chi connectivity index (χ3n) is 2.02. The molecule has 3 N–H and O–H groups in total. The molecule has 6 nitrogen and oxygen atoms in total. The van der Waals surface area contributed by atoms with Crippen LogP contribution < -0.4 is 11.3 Å². The van der Waals surface area contributed by atoms with Gasteiger partial charge in [0.1, 0.15) is 22.5 Å². The number of ether oxygens (including phenoxy) is 1. The second-order valence-corrected chi connectivity index (χ2v) is 4.40. The zero-order valence-corrected chi connectivity index (χ0v) is 10.6. The van der Waals surface area contributed by atoms with Crippen molar-refractivity contribution in [2.75, 3.05) is 12.5 Å². The molecule has 0 unspecified atom stereocenters. The molecule has 0 fully saturated rings. The second kappa shape index (κ2) is 6.29. The molecular formula is C11H13N5OS. The van der Waals surface area contributed by atoms with Gasteiger partial charge in [-0.05, 0) is 23.9 Å². The predicted octanol–water partition coefficient (Wildman–Crippen LogP) is 1.45. The first-order valence-corrected chi connectivity index (χ1v) is 6.06. The molecule has 0 spiro atoms. The van der Waals surface area contributed by atoms with Crippen molar-refractivity contribution < 1.29 is 4.74 Å². The topological polar surface area (TPSA) is 86.0 Å². The van der Waals surface area contributed by atoms with Gasteiger partial charge in [0, 0.05) is 19.4 Å². The number of hydrogen-bond donors (Lipinski definition) is 2. The highest BCUT2D eigenvalue weighted by molar-refractivity contribution is 7.99. The van der Waals surface area contributed by atoms with Crippen molar-refractivity contribution >= 4 is 17.6 Å². The van der Waals surface area contributed by atoms with Crippen LogP contribution in [0.5, 0.6) is 0 Å². The normalized spacial score (nSPS) is 10.3. The summed E-state index contributed by atoms with van der Waals surface area (Å²) in [5.74, 6) is 6.50. The fraction of sp³-hybridized carbons (Fsp3) is 0.182. The first-order valence-electron chi connectivity index (χ1n) is 5.24. The number of hydrazine groups is 1. The van der Waals surface area contributed by atoms with Crippen LogP contribution in [0.1, 0.15) is 5.82 Å². The summed E-state index contributed by atoms with van der Waals surface area (Å²) in [4.78, 5) is 12.8. The van der Waals surface area contributed by atoms with Crippen LogP contribution in [-0.2, 0) is 11.3 Å². The van der Waals surface area contributed by atoms with E-state index in [4.69, 9.17) is 10.6 Å². The summed E-state index contributed by atoms with van der Waals surface area (Å²) < 4.78 is 5.01. The zero-order chi connectivity index (χ0) is 12.8. The molecular weight excluding hydrogens is 250 g/mol. The molecule has 0 aliphatic rings. The van der Waals surface area contributed by atoms with Gasteiger partial charge in [-0.3, -0.25) is 0 Å². The molecule has 2 aromatic rings. The molecule has 0 atom stereocenters. The number of methoxy groups -OCH3 is 1. The molecule has 0 radical (unpaired) electrons. The average molecular weight is 263 g/mol. The quantitative estimate of drug-likeness (QED) is 0.479. The lowest BCUT2D eigenvalue weighted by Crippen LogP contribution is -2.11. The average Bonchev–Trinajstić information content (AvgIpc) is 2.40. The summed E-state index contributed by atoms with van der Waals surface area (Å²) in [5, 5.41) is 1.63. The first kappa shape index (κ1) is 12.7. The van der Waals surface area contributed by atoms with Crippen LogP contribution in [0.3, 0.4) is 0 Å². The summed E-state index contributed by atoms with van der Waals surface area (Å²) in [6.45, 7) is 0.339. The van der Waals surface area contributed by atoms with Crippen LogP contribution in [-0.4, -0.2) is 22.1 Å². The van der Waals surface area contributed by atoms with Crippen LogP contribution in [0.4, 0.5) is 5.82 Å². The van der Waals surface area contributed by atoms with Crippen LogP contribution in [0, 0.1) is 0 Å². The molecule has 0 amide bonds. The molecule has 0 aliphatic heterocycles. The minimum Gasteiger partial charge on any atom is -0.377 e. The maximum atomic E-state index is 5.37. The molecule has 0 aliphatic carbocycles. The minimum atomic E-state index is 0.339. The summed E-state index contributed by atoms with van der Waals surface area (Å²) in [6, 6.07) is 7.47. The second-order valence-electron chi connectivity index (χ2n) is 3.36. The number of nitrogens with two attached hydrogens (primary N) is 1. The molecule has 0 bridgehead atoms. The standard InChI is InChI=1S/C11H13N5OS/c1-17-7-9-14-8(16-12)6-11(15-9)18-10-4-2-3-5-13-10/h2-6H,7,12H2,1H3,(H,14,15,16). The number of nitrogens with zero attached hydrogens (tertiary/aromatic N) is 3. The summed E-state index contributed by atoms with van der Waals surface area (Å²) in [5.41, 5.74) is 2.51. The van der Waals surface area contributed by atoms with Crippen LogP contribution in [0.25, 0.3) is 0 Å². The third kappa shape index (κ3) is 3.39. The Morgan fingerprint density at radius 1 is 1.33 bits per heavy atom. The fourth-order valence-corrected chi connectivity index (χ4v) is 2.10. The van der Waals surface area contributed by atoms with E-state index >= 15 is 0 Å². The van der Waals surface area contributed by atoms with Gasteiger partial charge in [0.2, 0.25) is 0 Å². The van der Waals surface area contributed by atoms with Crippen molar-refractivity contribution in [3.05, 3.63) is 36.3 Å². The zero-order valence-electron chi connectivity index (χ0n) is 9.83. The van der Waals surface area contributed by atoms with Crippen molar-refractivity contribution in [3.8, 4) is 0 Å². The van der Waals surface area contributed by atoms with Gasteiger partial charge in [-0.15, -0.1) is 0 Å². The maximum absolute atomic E-state index is 5.37. The lowest BCUT2D eigenvalue weighted by atomic mass is 10.5. The first-order chi connectivity index (χ1) is 8.81. The highest BCUT2D eigenvalue weighted by Crippen LogP contribution is 2.25. The van der Waals surface area contributed by atoms with E-state index in [0.717, 1.165) is 10.1 Å². The van der Waals surface area contributed by atoms with Gasteiger partial charge in [-0.1, -0.05) is 6.07 Å². The van der Waals surface area contributed by atoms with E-state index in [1.807, 2.05) is 18.2 Å². The van der Waals surface area contributed by atoms with Gasteiger partial charge in [0.05, 0.1) is 0 Å². The number of pyridine rings is 1. The van der Waals surface area contributed by atoms with Crippen LogP contribution >= 0.6 is 11.8 Å². The van der Waals surface area contributed by atoms with Crippen molar-refractivity contribution in [3.63, 3.8) is 0 Å². The van der Waals surface area contributed by atoms with E-state index in [-0.39, 0.29) is 0 Å². The monoisotopic (exact) mass is 263 g/mol. The number of aromatic nitrogens is 3. The van der Waals surface area contributed by atoms with Gasteiger partial charge < -0.3 is 10.2 Å². The molecule has 18 heavy (non-hydrogen) atoms. The number of anilines is 1. The maximum Gasteiger partial charge on any atom is 0.157 e. The van der Waals surface area contributed by atoms with E-state index < -0.39 is 0 Å². The highest BCUT2D eigenvalue weighted by atomic mass is 32.2. The van der Waals surface area contributed by atoms with Crippen molar-refractivity contribution in [2.24, 2.45) is 5.84 Å². The van der Waals surface area contributed by atoms with E-state index in [0.29, 0.717) is 18.2 Å². The Bertz CT molecular complexity index is 508. The lowest BCUT2D eigenvalue weighted by molar-refractivity contribution is 0.177. The van der Waals surface area contributed by atoms with Gasteiger partial charge in [0.25, 0.3) is 0 Å². The lowest BCUT2D eigenvalue weighted by Gasteiger charge is -2.06. The number of hydrogen-bond acceptors (Lipinski definition) is 7. The van der Waals surface area contributed by atoms with E-state index in [9.17, 15) is 0 Å². The Hall–Kier alpha value is -1.70. The van der Waals surface area contributed by atoms with Gasteiger partial charge in [0.15, 0.2) is 5.82 Å². The summed E-state index contributed by atoms with van der Waals surface area (Å²) in [6.07, 6.45) is 1.74. The number of rotatable bonds is 5. The Morgan fingerprint density at radius 2 is 2.22 bits per heavy atom. The Kier molecular flexibility index (Phi) is 4.46. The van der Waals surface area contributed by atoms with Crippen molar-refractivity contribution in [1.29, 1.82) is 0 Å². The molecule has 0 saturated carbocycles. The van der Waals surface area contributed by atoms with Gasteiger partial charge in [-0.2, -0.15) is 0 Å². The summed E-state index contributed by atoms with van der Waals surface area (Å²) in [7, 11) is 1.59. The molecule has 0 saturated heterocycles. The minimum absolute atomic E-state index is 0.339. The van der Waals surface area contributed by atoms with Gasteiger partial charge >= 0.3 is 0 Å². The van der Waals surface area contributed by atoms with Crippen molar-refractivity contribution in [1.82, 2.24) is 15.0 Å². The Balaban J connectivity index is 2.24. The van der Waals surface area contributed by atoms with E-state index in [1.165, 1.54) is 11.8 Å². The fourth-order valence-electron chi connectivity index (χ4n) is 1.31. The molecule has 94 valence electrons. The van der Waals surface area contributed by atoms with Gasteiger partial charge in [-0.25, -0.2) is 20.8 Å². The SMILES string of the molecule is COCc1nc(NN)cc(Sc2ccccn2)n1. The summed E-state index contributed by atoms with van der Waals surface area (Å²) >= 11 is 1.44. The highest BCUT2D eigenvalue weighted by Gasteiger charge is 2.06. The third-order valence-corrected chi connectivity index (χ3v) is 2.89. The van der Waals surface area contributed by atoms with Crippen LogP contribution in [0.2, 0.25) is 0 Å². The number of nitrogens with one attached hydrogen (secondary N) is 1. The largest absolute Gasteiger partial charge is 0.377 e.